The minimum absolute atomic E-state index is 0.412. The molecule has 0 amide bonds. The van der Waals surface area contributed by atoms with Gasteiger partial charge in [0.15, 0.2) is 0 Å². The summed E-state index contributed by atoms with van der Waals surface area (Å²) in [6.07, 6.45) is 11.1. The lowest BCUT2D eigenvalue weighted by molar-refractivity contribution is 0.249. The Hall–Kier alpha value is -4.75. The van der Waals surface area contributed by atoms with E-state index in [1.165, 1.54) is 5.56 Å². The number of hydrogen-bond donors (Lipinski definition) is 2. The topological polar surface area (TPSA) is 118 Å². The van der Waals surface area contributed by atoms with Crippen LogP contribution in [0.25, 0.3) is 16.6 Å². The highest BCUT2D eigenvalue weighted by atomic mass is 16.5. The van der Waals surface area contributed by atoms with Gasteiger partial charge in [-0.1, -0.05) is 6.07 Å². The normalized spacial score (nSPS) is 16.7. The van der Waals surface area contributed by atoms with Crippen LogP contribution in [0.1, 0.15) is 29.5 Å². The summed E-state index contributed by atoms with van der Waals surface area (Å²) in [7, 11) is 1.63. The number of nitriles is 1. The zero-order valence-electron chi connectivity index (χ0n) is 22.5. The third-order valence-corrected chi connectivity index (χ3v) is 7.50. The maximum atomic E-state index is 9.72. The summed E-state index contributed by atoms with van der Waals surface area (Å²) >= 11 is 0. The summed E-state index contributed by atoms with van der Waals surface area (Å²) in [6.45, 7) is 5.45. The van der Waals surface area contributed by atoms with Gasteiger partial charge in [0, 0.05) is 86.3 Å². The summed E-state index contributed by atoms with van der Waals surface area (Å²) < 4.78 is 6.86. The van der Waals surface area contributed by atoms with E-state index < -0.39 is 0 Å². The maximum absolute atomic E-state index is 9.72. The summed E-state index contributed by atoms with van der Waals surface area (Å²) in [5.74, 6) is 1.56. The Kier molecular flexibility index (Phi) is 7.12. The van der Waals surface area contributed by atoms with E-state index in [0.717, 1.165) is 85.8 Å². The van der Waals surface area contributed by atoms with Gasteiger partial charge in [0.1, 0.15) is 11.9 Å². The number of nitrogens with zero attached hydrogens (tertiary/aromatic N) is 7. The monoisotopic (exact) mass is 533 g/mol. The first kappa shape index (κ1) is 25.5. The Balaban J connectivity index is 1.19. The molecule has 0 aromatic carbocycles. The molecule has 40 heavy (non-hydrogen) atoms. The van der Waals surface area contributed by atoms with E-state index >= 15 is 0 Å². The molecule has 202 valence electrons. The molecule has 4 aromatic rings. The van der Waals surface area contributed by atoms with Gasteiger partial charge < -0.3 is 20.4 Å². The number of allylic oxidation sites excluding steroid dienone is 2. The van der Waals surface area contributed by atoms with Gasteiger partial charge in [-0.2, -0.15) is 10.4 Å². The fourth-order valence-corrected chi connectivity index (χ4v) is 5.32. The lowest BCUT2D eigenvalue weighted by Crippen LogP contribution is -2.46. The Morgan fingerprint density at radius 3 is 2.67 bits per heavy atom. The summed E-state index contributed by atoms with van der Waals surface area (Å²) in [4.78, 5) is 13.8. The molecule has 2 saturated heterocycles. The average molecular weight is 534 g/mol. The van der Waals surface area contributed by atoms with Gasteiger partial charge >= 0.3 is 0 Å². The molecule has 0 aliphatic carbocycles. The van der Waals surface area contributed by atoms with E-state index in [2.05, 4.69) is 37.3 Å². The first-order chi connectivity index (χ1) is 19.6. The van der Waals surface area contributed by atoms with E-state index in [9.17, 15) is 5.26 Å². The number of rotatable bonds is 7. The molecule has 6 heterocycles. The molecule has 0 radical (unpaired) electrons. The molecule has 2 N–H and O–H groups in total. The molecule has 10 nitrogen and oxygen atoms in total. The second-order valence-corrected chi connectivity index (χ2v) is 10.1. The molecular formula is C30H31N9O. The molecule has 6 rings (SSSR count). The highest BCUT2D eigenvalue weighted by Crippen LogP contribution is 2.30. The number of aromatic nitrogens is 4. The quantitative estimate of drug-likeness (QED) is 0.346. The molecular weight excluding hydrogens is 502 g/mol. The zero-order chi connectivity index (χ0) is 27.5. The minimum Gasteiger partial charge on any atom is -0.481 e. The zero-order valence-corrected chi connectivity index (χ0v) is 22.5. The molecule has 4 aromatic heterocycles. The van der Waals surface area contributed by atoms with Crippen molar-refractivity contribution in [2.45, 2.75) is 19.4 Å². The Labute approximate surface area is 233 Å². The van der Waals surface area contributed by atoms with Crippen LogP contribution in [-0.2, 0) is 6.54 Å². The Morgan fingerprint density at radius 1 is 1.12 bits per heavy atom. The van der Waals surface area contributed by atoms with Gasteiger partial charge in [-0.15, -0.1) is 0 Å². The van der Waals surface area contributed by atoms with Crippen LogP contribution in [0.5, 0.6) is 5.88 Å². The summed E-state index contributed by atoms with van der Waals surface area (Å²) in [5.41, 5.74) is 6.35. The molecule has 0 spiro atoms. The number of pyridine rings is 3. The van der Waals surface area contributed by atoms with Gasteiger partial charge in [-0.05, 0) is 42.7 Å². The van der Waals surface area contributed by atoms with Crippen LogP contribution >= 0.6 is 0 Å². The summed E-state index contributed by atoms with van der Waals surface area (Å²) in [5, 5.41) is 26.2. The van der Waals surface area contributed by atoms with Crippen LogP contribution in [-0.4, -0.2) is 70.0 Å². The van der Waals surface area contributed by atoms with E-state index in [1.54, 1.807) is 17.8 Å². The van der Waals surface area contributed by atoms with Crippen LogP contribution in [0.4, 0.5) is 5.82 Å². The molecule has 2 fully saturated rings. The van der Waals surface area contributed by atoms with Gasteiger partial charge in [0.05, 0.1) is 30.1 Å². The first-order valence-corrected chi connectivity index (χ1v) is 13.5. The standard InChI is InChI=1S/C30H31N9O/c1-40-29-7-4-21(16-35-29)19-37-9-11-38(12-10-37)28-6-5-22(17-34-28)26-13-23(27(32)14-25-3-2-8-33-25)20-39-30(26)24(15-31)18-36-39/h4-7,13-14,16-18,20,32-33H,2-3,8-12,19H2,1H3/b25-14-,32-27?. The third kappa shape index (κ3) is 5.24. The van der Waals surface area contributed by atoms with E-state index in [-0.39, 0.29) is 0 Å². The second kappa shape index (κ2) is 11.2. The predicted molar refractivity (Wildman–Crippen MR) is 154 cm³/mol. The fourth-order valence-electron chi connectivity index (χ4n) is 5.32. The highest BCUT2D eigenvalue weighted by molar-refractivity contribution is 6.08. The van der Waals surface area contributed by atoms with Crippen molar-refractivity contribution in [3.63, 3.8) is 0 Å². The molecule has 0 saturated carbocycles. The largest absolute Gasteiger partial charge is 0.481 e. The molecule has 2 aliphatic rings. The number of methoxy groups -OCH3 is 1. The van der Waals surface area contributed by atoms with Gasteiger partial charge in [-0.25, -0.2) is 14.5 Å². The molecule has 0 bridgehead atoms. The number of fused-ring (bicyclic) bond motifs is 1. The number of piperazine rings is 1. The number of anilines is 1. The van der Waals surface area contributed by atoms with Crippen molar-refractivity contribution in [1.29, 1.82) is 10.7 Å². The average Bonchev–Trinajstić information content (AvgIpc) is 3.67. The predicted octanol–water partition coefficient (Wildman–Crippen LogP) is 3.63. The van der Waals surface area contributed by atoms with Crippen molar-refractivity contribution in [2.24, 2.45) is 0 Å². The summed E-state index contributed by atoms with van der Waals surface area (Å²) in [6, 6.07) is 12.3. The van der Waals surface area contributed by atoms with Crippen molar-refractivity contribution in [3.8, 4) is 23.1 Å². The van der Waals surface area contributed by atoms with Gasteiger partial charge in [0.25, 0.3) is 0 Å². The smallest absolute Gasteiger partial charge is 0.212 e. The lowest BCUT2D eigenvalue weighted by Gasteiger charge is -2.35. The van der Waals surface area contributed by atoms with Crippen molar-refractivity contribution in [3.05, 3.63) is 83.6 Å². The van der Waals surface area contributed by atoms with Crippen LogP contribution in [0.2, 0.25) is 0 Å². The molecule has 0 unspecified atom stereocenters. The van der Waals surface area contributed by atoms with Crippen molar-refractivity contribution >= 4 is 17.0 Å². The Morgan fingerprint density at radius 2 is 2.00 bits per heavy atom. The van der Waals surface area contributed by atoms with Crippen LogP contribution < -0.4 is 15.0 Å². The second-order valence-electron chi connectivity index (χ2n) is 10.1. The fraction of sp³-hybridized carbons (Fsp3) is 0.300. The first-order valence-electron chi connectivity index (χ1n) is 13.5. The van der Waals surface area contributed by atoms with Gasteiger partial charge in [0.2, 0.25) is 5.88 Å². The van der Waals surface area contributed by atoms with Crippen molar-refractivity contribution in [1.82, 2.24) is 29.8 Å². The SMILES string of the molecule is COc1ccc(CN2CCN(c3ccc(-c4cc(C(=N)/C=C5/CCCN5)cn5ncc(C#N)c45)cn3)CC2)cn1. The highest BCUT2D eigenvalue weighted by Gasteiger charge is 2.20. The van der Waals surface area contributed by atoms with Crippen LogP contribution in [0.15, 0.2) is 66.9 Å². The molecule has 10 heteroatoms. The number of ether oxygens (including phenoxy) is 1. The lowest BCUT2D eigenvalue weighted by atomic mass is 10.0. The number of hydrogen-bond acceptors (Lipinski definition) is 9. The Bertz CT molecular complexity index is 1580. The minimum atomic E-state index is 0.412. The maximum Gasteiger partial charge on any atom is 0.212 e. The third-order valence-electron chi connectivity index (χ3n) is 7.50. The number of nitrogens with one attached hydrogen (secondary N) is 2. The van der Waals surface area contributed by atoms with Crippen molar-refractivity contribution in [2.75, 3.05) is 44.7 Å². The molecule has 2 aliphatic heterocycles. The molecule has 0 atom stereocenters. The van der Waals surface area contributed by atoms with Crippen molar-refractivity contribution < 1.29 is 4.74 Å². The van der Waals surface area contributed by atoms with Crippen LogP contribution in [0, 0.1) is 16.7 Å². The van der Waals surface area contributed by atoms with E-state index in [0.29, 0.717) is 17.2 Å². The van der Waals surface area contributed by atoms with E-state index in [4.69, 9.17) is 15.1 Å². The van der Waals surface area contributed by atoms with E-state index in [1.807, 2.05) is 48.9 Å². The van der Waals surface area contributed by atoms with Crippen LogP contribution in [0.3, 0.4) is 0 Å². The van der Waals surface area contributed by atoms with Gasteiger partial charge in [-0.3, -0.25) is 4.90 Å².